The predicted molar refractivity (Wildman–Crippen MR) is 99.0 cm³/mol. The van der Waals surface area contributed by atoms with E-state index in [-0.39, 0.29) is 24.5 Å². The lowest BCUT2D eigenvalue weighted by Crippen LogP contribution is -2.22. The number of halogens is 2. The van der Waals surface area contributed by atoms with Gasteiger partial charge in [0.1, 0.15) is 19.0 Å². The topological polar surface area (TPSA) is 95.8 Å². The third kappa shape index (κ3) is 3.56. The fraction of sp³-hybridized carbons (Fsp3) is 0.167. The first-order valence-electron chi connectivity index (χ1n) is 8.28. The molecule has 142 valence electrons. The number of fused-ring (bicyclic) bond motifs is 1. The lowest BCUT2D eigenvalue weighted by atomic mass is 10.1. The van der Waals surface area contributed by atoms with Crippen LogP contribution in [-0.2, 0) is 13.1 Å². The monoisotopic (exact) mass is 401 g/mol. The molecule has 4 rings (SSSR count). The molecular formula is C18H13ClFN5O3. The van der Waals surface area contributed by atoms with E-state index < -0.39 is 11.9 Å². The maximum atomic E-state index is 14.5. The second kappa shape index (κ2) is 7.35. The molecule has 4 aromatic rings. The fourth-order valence-electron chi connectivity index (χ4n) is 2.71. The normalized spacial score (nSPS) is 12.4. The van der Waals surface area contributed by atoms with Gasteiger partial charge < -0.3 is 4.42 Å². The molecular weight excluding hydrogens is 389 g/mol. The van der Waals surface area contributed by atoms with Gasteiger partial charge in [-0.25, -0.2) is 19.2 Å². The third-order valence-corrected chi connectivity index (χ3v) is 4.37. The Morgan fingerprint density at radius 1 is 1.14 bits per heavy atom. The number of rotatable bonds is 5. The summed E-state index contributed by atoms with van der Waals surface area (Å²) in [5.74, 6) is -0.837. The summed E-state index contributed by atoms with van der Waals surface area (Å²) in [5.41, 5.74) is 0.335. The number of nitrogens with zero attached hydrogens (tertiary/aromatic N) is 5. The zero-order valence-corrected chi connectivity index (χ0v) is 15.1. The highest BCUT2D eigenvalue weighted by atomic mass is 35.5. The van der Waals surface area contributed by atoms with E-state index >= 15 is 0 Å². The second-order valence-corrected chi connectivity index (χ2v) is 6.45. The minimum atomic E-state index is -1.47. The Balaban J connectivity index is 1.56. The molecule has 0 amide bonds. The number of hydrogen-bond acceptors (Lipinski definition) is 6. The molecule has 1 aromatic carbocycles. The standard InChI is InChI=1S/C18H13ClFN5O3/c19-12-5-3-11(4-6-12)14(20)8-25-18(27)28-15(23-25)9-24-10-22-16-13(17(24)26)2-1-7-21-16/h1-7,10,14H,8-9H2. The average molecular weight is 402 g/mol. The molecule has 28 heavy (non-hydrogen) atoms. The number of hydrogen-bond donors (Lipinski definition) is 0. The van der Waals surface area contributed by atoms with E-state index in [4.69, 9.17) is 16.0 Å². The summed E-state index contributed by atoms with van der Waals surface area (Å²) in [6, 6.07) is 9.43. The van der Waals surface area contributed by atoms with Crippen LogP contribution in [-0.4, -0.2) is 24.3 Å². The Bertz CT molecular complexity index is 1250. The summed E-state index contributed by atoms with van der Waals surface area (Å²) < 4.78 is 21.6. The summed E-state index contributed by atoms with van der Waals surface area (Å²) >= 11 is 5.79. The Labute approximate surface area is 161 Å². The molecule has 0 fully saturated rings. The molecule has 0 aliphatic rings. The van der Waals surface area contributed by atoms with Gasteiger partial charge in [-0.1, -0.05) is 23.7 Å². The molecule has 0 aliphatic carbocycles. The number of benzene rings is 1. The largest absolute Gasteiger partial charge is 0.437 e. The van der Waals surface area contributed by atoms with E-state index in [9.17, 15) is 14.0 Å². The molecule has 3 aromatic heterocycles. The molecule has 0 bridgehead atoms. The van der Waals surface area contributed by atoms with Crippen LogP contribution in [0.5, 0.6) is 0 Å². The molecule has 1 atom stereocenters. The zero-order chi connectivity index (χ0) is 19.7. The van der Waals surface area contributed by atoms with Gasteiger partial charge in [0.05, 0.1) is 11.9 Å². The van der Waals surface area contributed by atoms with Crippen LogP contribution in [0.3, 0.4) is 0 Å². The molecule has 0 saturated carbocycles. The van der Waals surface area contributed by atoms with Crippen LogP contribution >= 0.6 is 11.6 Å². The van der Waals surface area contributed by atoms with Gasteiger partial charge in [-0.05, 0) is 29.8 Å². The maximum absolute atomic E-state index is 14.5. The minimum Gasteiger partial charge on any atom is -0.390 e. The molecule has 0 N–H and O–H groups in total. The molecule has 8 nitrogen and oxygen atoms in total. The van der Waals surface area contributed by atoms with Crippen LogP contribution < -0.4 is 11.3 Å². The van der Waals surface area contributed by atoms with Crippen molar-refractivity contribution in [2.24, 2.45) is 0 Å². The van der Waals surface area contributed by atoms with Gasteiger partial charge in [0.25, 0.3) is 5.56 Å². The molecule has 3 heterocycles. The van der Waals surface area contributed by atoms with Crippen LogP contribution in [0.1, 0.15) is 17.6 Å². The van der Waals surface area contributed by atoms with E-state index in [2.05, 4.69) is 15.1 Å². The zero-order valence-electron chi connectivity index (χ0n) is 14.3. The van der Waals surface area contributed by atoms with Crippen LogP contribution in [0.25, 0.3) is 11.0 Å². The van der Waals surface area contributed by atoms with Gasteiger partial charge in [0, 0.05) is 11.2 Å². The van der Waals surface area contributed by atoms with Crippen LogP contribution in [0.2, 0.25) is 5.02 Å². The lowest BCUT2D eigenvalue weighted by Gasteiger charge is -2.07. The van der Waals surface area contributed by atoms with Crippen molar-refractivity contribution in [3.63, 3.8) is 0 Å². The van der Waals surface area contributed by atoms with Crippen LogP contribution in [0.15, 0.2) is 62.9 Å². The Morgan fingerprint density at radius 2 is 1.93 bits per heavy atom. The number of alkyl halides is 1. The van der Waals surface area contributed by atoms with Gasteiger partial charge >= 0.3 is 5.76 Å². The Kier molecular flexibility index (Phi) is 4.74. The van der Waals surface area contributed by atoms with E-state index in [0.717, 1.165) is 4.68 Å². The molecule has 1 unspecified atom stereocenters. The second-order valence-electron chi connectivity index (χ2n) is 6.02. The van der Waals surface area contributed by atoms with Crippen LogP contribution in [0, 0.1) is 0 Å². The Morgan fingerprint density at radius 3 is 2.71 bits per heavy atom. The maximum Gasteiger partial charge on any atom is 0.437 e. The van der Waals surface area contributed by atoms with Crippen molar-refractivity contribution >= 4 is 22.6 Å². The third-order valence-electron chi connectivity index (χ3n) is 4.12. The summed E-state index contributed by atoms with van der Waals surface area (Å²) in [5, 5.41) is 4.80. The van der Waals surface area contributed by atoms with E-state index in [0.29, 0.717) is 21.6 Å². The number of pyridine rings is 1. The van der Waals surface area contributed by atoms with Crippen LogP contribution in [0.4, 0.5) is 4.39 Å². The average Bonchev–Trinajstić information content (AvgIpc) is 3.03. The van der Waals surface area contributed by atoms with Crippen molar-refractivity contribution in [1.82, 2.24) is 24.3 Å². The van der Waals surface area contributed by atoms with Gasteiger partial charge in [-0.2, -0.15) is 4.68 Å². The molecule has 0 spiro atoms. The van der Waals surface area contributed by atoms with Gasteiger partial charge in [-0.3, -0.25) is 9.36 Å². The SMILES string of the molecule is O=c1c2cccnc2ncn1Cc1nn(CC(F)c2ccc(Cl)cc2)c(=O)o1. The number of aromatic nitrogens is 5. The summed E-state index contributed by atoms with van der Waals surface area (Å²) in [7, 11) is 0. The molecule has 0 aliphatic heterocycles. The Hall–Kier alpha value is -3.33. The molecule has 0 radical (unpaired) electrons. The summed E-state index contributed by atoms with van der Waals surface area (Å²) in [4.78, 5) is 32.6. The summed E-state index contributed by atoms with van der Waals surface area (Å²) in [6.45, 7) is -0.435. The predicted octanol–water partition coefficient (Wildman–Crippen LogP) is 2.35. The smallest absolute Gasteiger partial charge is 0.390 e. The van der Waals surface area contributed by atoms with Crippen molar-refractivity contribution in [1.29, 1.82) is 0 Å². The van der Waals surface area contributed by atoms with Gasteiger partial charge in [0.2, 0.25) is 5.89 Å². The molecule has 10 heteroatoms. The van der Waals surface area contributed by atoms with Gasteiger partial charge in [0.15, 0.2) is 5.65 Å². The van der Waals surface area contributed by atoms with E-state index in [1.807, 2.05) is 0 Å². The van der Waals surface area contributed by atoms with E-state index in [1.54, 1.807) is 24.3 Å². The highest BCUT2D eigenvalue weighted by Gasteiger charge is 2.16. The first kappa shape index (κ1) is 18.1. The molecule has 0 saturated heterocycles. The van der Waals surface area contributed by atoms with Crippen molar-refractivity contribution in [3.8, 4) is 0 Å². The quantitative estimate of drug-likeness (QED) is 0.509. The van der Waals surface area contributed by atoms with Crippen molar-refractivity contribution < 1.29 is 8.81 Å². The first-order chi connectivity index (χ1) is 13.5. The first-order valence-corrected chi connectivity index (χ1v) is 8.65. The van der Waals surface area contributed by atoms with Crippen molar-refractivity contribution in [2.45, 2.75) is 19.3 Å². The highest BCUT2D eigenvalue weighted by molar-refractivity contribution is 6.30. The highest BCUT2D eigenvalue weighted by Crippen LogP contribution is 2.20. The van der Waals surface area contributed by atoms with E-state index in [1.165, 1.54) is 29.2 Å². The van der Waals surface area contributed by atoms with Crippen molar-refractivity contribution in [3.05, 3.63) is 86.3 Å². The summed E-state index contributed by atoms with van der Waals surface area (Å²) in [6.07, 6.45) is 1.36. The van der Waals surface area contributed by atoms with Gasteiger partial charge in [-0.15, -0.1) is 5.10 Å². The lowest BCUT2D eigenvalue weighted by molar-refractivity contribution is 0.283. The van der Waals surface area contributed by atoms with Crippen molar-refractivity contribution in [2.75, 3.05) is 0 Å². The minimum absolute atomic E-state index is 0.0274. The fourth-order valence-corrected chi connectivity index (χ4v) is 2.84.